The van der Waals surface area contributed by atoms with Crippen LogP contribution in [0.4, 0.5) is 0 Å². The Balaban J connectivity index is 2.85. The third kappa shape index (κ3) is 2.18. The highest BCUT2D eigenvalue weighted by Crippen LogP contribution is 2.04. The zero-order valence-electron chi connectivity index (χ0n) is 5.91. The van der Waals surface area contributed by atoms with Crippen molar-refractivity contribution in [3.63, 3.8) is 0 Å². The van der Waals surface area contributed by atoms with Crippen molar-refractivity contribution in [3.8, 4) is 0 Å². The molecule has 0 bridgehead atoms. The van der Waals surface area contributed by atoms with Crippen molar-refractivity contribution < 1.29 is 9.90 Å². The predicted octanol–water partition coefficient (Wildman–Crippen LogP) is 0.881. The van der Waals surface area contributed by atoms with Crippen LogP contribution in [0.25, 0.3) is 0 Å². The molecule has 4 nitrogen and oxygen atoms in total. The first-order valence-corrected chi connectivity index (χ1v) is 4.09. The summed E-state index contributed by atoms with van der Waals surface area (Å²) in [5.74, 6) is -0.868. The van der Waals surface area contributed by atoms with Crippen LogP contribution in [-0.4, -0.2) is 20.9 Å². The minimum atomic E-state index is -0.868. The molecule has 0 saturated carbocycles. The van der Waals surface area contributed by atoms with Crippen LogP contribution in [0.15, 0.2) is 6.07 Å². The van der Waals surface area contributed by atoms with Gasteiger partial charge in [0, 0.05) is 5.69 Å². The lowest BCUT2D eigenvalue weighted by Gasteiger charge is -1.97. The average Bonchev–Trinajstić information content (AvgIpc) is 2.09. The molecule has 11 heavy (non-hydrogen) atoms. The topological polar surface area (TPSA) is 55.1 Å². The van der Waals surface area contributed by atoms with Gasteiger partial charge in [0.2, 0.25) is 0 Å². The van der Waals surface area contributed by atoms with Gasteiger partial charge in [-0.2, -0.15) is 5.10 Å². The molecule has 1 aromatic rings. The Bertz CT molecular complexity index is 282. The summed E-state index contributed by atoms with van der Waals surface area (Å²) < 4.78 is 2.28. The minimum Gasteiger partial charge on any atom is -0.480 e. The zero-order chi connectivity index (χ0) is 8.43. The Kier molecular flexibility index (Phi) is 2.48. The fourth-order valence-electron chi connectivity index (χ4n) is 0.758. The summed E-state index contributed by atoms with van der Waals surface area (Å²) in [7, 11) is 0. The van der Waals surface area contributed by atoms with Crippen molar-refractivity contribution in [1.29, 1.82) is 0 Å². The summed E-state index contributed by atoms with van der Waals surface area (Å²) in [6, 6.07) is 1.84. The van der Waals surface area contributed by atoms with E-state index < -0.39 is 5.97 Å². The van der Waals surface area contributed by atoms with Crippen LogP contribution in [0.3, 0.4) is 0 Å². The van der Waals surface area contributed by atoms with Crippen LogP contribution in [0.5, 0.6) is 0 Å². The second kappa shape index (κ2) is 3.21. The molecule has 0 radical (unpaired) electrons. The van der Waals surface area contributed by atoms with Crippen LogP contribution >= 0.6 is 22.6 Å². The van der Waals surface area contributed by atoms with Gasteiger partial charge in [-0.3, -0.25) is 9.48 Å². The Morgan fingerprint density at radius 2 is 2.55 bits per heavy atom. The van der Waals surface area contributed by atoms with Gasteiger partial charge in [-0.25, -0.2) is 0 Å². The van der Waals surface area contributed by atoms with E-state index in [1.807, 2.05) is 35.6 Å². The first-order chi connectivity index (χ1) is 5.09. The first-order valence-electron chi connectivity index (χ1n) is 3.01. The monoisotopic (exact) mass is 266 g/mol. The number of carboxylic acids is 1. The fourth-order valence-corrected chi connectivity index (χ4v) is 1.47. The highest BCUT2D eigenvalue weighted by Gasteiger charge is 2.04. The summed E-state index contributed by atoms with van der Waals surface area (Å²) in [6.45, 7) is 1.77. The van der Waals surface area contributed by atoms with Crippen LogP contribution in [0.1, 0.15) is 5.69 Å². The van der Waals surface area contributed by atoms with Crippen LogP contribution < -0.4 is 0 Å². The zero-order valence-corrected chi connectivity index (χ0v) is 8.07. The SMILES string of the molecule is Cc1cc(I)nn1CC(=O)O. The second-order valence-corrected chi connectivity index (χ2v) is 3.27. The van der Waals surface area contributed by atoms with Crippen molar-refractivity contribution >= 4 is 28.6 Å². The lowest BCUT2D eigenvalue weighted by atomic mass is 10.5. The molecule has 0 saturated heterocycles. The molecule has 0 atom stereocenters. The summed E-state index contributed by atoms with van der Waals surface area (Å²) in [5, 5.41) is 12.4. The molecule has 0 aromatic carbocycles. The number of carbonyl (C=O) groups is 1. The lowest BCUT2D eigenvalue weighted by Crippen LogP contribution is -2.11. The quantitative estimate of drug-likeness (QED) is 0.808. The minimum absolute atomic E-state index is 0.0607. The number of carboxylic acid groups (broad SMARTS) is 1. The number of halogens is 1. The van der Waals surface area contributed by atoms with E-state index in [1.54, 1.807) is 0 Å². The van der Waals surface area contributed by atoms with E-state index in [9.17, 15) is 4.79 Å². The van der Waals surface area contributed by atoms with Gasteiger partial charge in [-0.15, -0.1) is 0 Å². The number of aryl methyl sites for hydroxylation is 1. The summed E-state index contributed by atoms with van der Waals surface area (Å²) in [5.41, 5.74) is 0.872. The van der Waals surface area contributed by atoms with E-state index >= 15 is 0 Å². The molecule has 0 fully saturated rings. The Morgan fingerprint density at radius 3 is 2.91 bits per heavy atom. The molecular weight excluding hydrogens is 259 g/mol. The van der Waals surface area contributed by atoms with E-state index in [0.717, 1.165) is 9.39 Å². The molecule has 0 amide bonds. The number of hydrogen-bond donors (Lipinski definition) is 1. The van der Waals surface area contributed by atoms with Crippen LogP contribution in [0, 0.1) is 10.6 Å². The third-order valence-corrected chi connectivity index (χ3v) is 1.76. The van der Waals surface area contributed by atoms with Crippen molar-refractivity contribution in [3.05, 3.63) is 15.5 Å². The van der Waals surface area contributed by atoms with Crippen molar-refractivity contribution in [2.75, 3.05) is 0 Å². The maximum absolute atomic E-state index is 10.3. The molecule has 60 valence electrons. The van der Waals surface area contributed by atoms with Gasteiger partial charge in [0.25, 0.3) is 0 Å². The first kappa shape index (κ1) is 8.51. The maximum Gasteiger partial charge on any atom is 0.325 e. The molecular formula is C6H7IN2O2. The number of rotatable bonds is 2. The van der Waals surface area contributed by atoms with Gasteiger partial charge >= 0.3 is 5.97 Å². The second-order valence-electron chi connectivity index (χ2n) is 2.16. The van der Waals surface area contributed by atoms with E-state index in [-0.39, 0.29) is 6.54 Å². The van der Waals surface area contributed by atoms with Gasteiger partial charge in [0.15, 0.2) is 0 Å². The molecule has 1 aromatic heterocycles. The fraction of sp³-hybridized carbons (Fsp3) is 0.333. The average molecular weight is 266 g/mol. The summed E-state index contributed by atoms with van der Waals surface area (Å²) >= 11 is 2.05. The van der Waals surface area contributed by atoms with Crippen molar-refractivity contribution in [1.82, 2.24) is 9.78 Å². The molecule has 0 spiro atoms. The van der Waals surface area contributed by atoms with Gasteiger partial charge in [-0.05, 0) is 35.6 Å². The molecule has 1 N–H and O–H groups in total. The standard InChI is InChI=1S/C6H7IN2O2/c1-4-2-5(7)8-9(4)3-6(10)11/h2H,3H2,1H3,(H,10,11). The van der Waals surface area contributed by atoms with E-state index in [2.05, 4.69) is 5.10 Å². The smallest absolute Gasteiger partial charge is 0.325 e. The number of aromatic nitrogens is 2. The maximum atomic E-state index is 10.3. The summed E-state index contributed by atoms with van der Waals surface area (Å²) in [4.78, 5) is 10.3. The predicted molar refractivity (Wildman–Crippen MR) is 47.3 cm³/mol. The number of aliphatic carboxylic acids is 1. The van der Waals surface area contributed by atoms with Crippen molar-refractivity contribution in [2.24, 2.45) is 0 Å². The molecule has 0 aliphatic rings. The van der Waals surface area contributed by atoms with Crippen molar-refractivity contribution in [2.45, 2.75) is 13.5 Å². The molecule has 5 heteroatoms. The normalized spacial score (nSPS) is 10.0. The highest BCUT2D eigenvalue weighted by atomic mass is 127. The van der Waals surface area contributed by atoms with Crippen LogP contribution in [0.2, 0.25) is 0 Å². The Labute approximate surface area is 77.4 Å². The summed E-state index contributed by atoms with van der Waals surface area (Å²) in [6.07, 6.45) is 0. The van der Waals surface area contributed by atoms with Gasteiger partial charge in [-0.1, -0.05) is 0 Å². The van der Waals surface area contributed by atoms with Gasteiger partial charge in [0.05, 0.1) is 0 Å². The van der Waals surface area contributed by atoms with E-state index in [1.165, 1.54) is 4.68 Å². The van der Waals surface area contributed by atoms with E-state index in [0.29, 0.717) is 0 Å². The Morgan fingerprint density at radius 1 is 1.91 bits per heavy atom. The molecule has 0 aliphatic heterocycles. The lowest BCUT2D eigenvalue weighted by molar-refractivity contribution is -0.137. The van der Waals surface area contributed by atoms with E-state index in [4.69, 9.17) is 5.11 Å². The molecule has 1 rings (SSSR count). The number of nitrogens with zero attached hydrogens (tertiary/aromatic N) is 2. The molecule has 1 heterocycles. The Hall–Kier alpha value is -0.590. The number of hydrogen-bond acceptors (Lipinski definition) is 2. The highest BCUT2D eigenvalue weighted by molar-refractivity contribution is 14.1. The molecule has 0 aliphatic carbocycles. The third-order valence-electron chi connectivity index (χ3n) is 1.24. The molecule has 0 unspecified atom stereocenters. The largest absolute Gasteiger partial charge is 0.480 e. The van der Waals surface area contributed by atoms with Gasteiger partial charge < -0.3 is 5.11 Å². The van der Waals surface area contributed by atoms with Crippen LogP contribution in [-0.2, 0) is 11.3 Å². The van der Waals surface area contributed by atoms with Gasteiger partial charge in [0.1, 0.15) is 10.2 Å².